The molecule has 1 aliphatic rings. The minimum Gasteiger partial charge on any atom is -0.311 e. The summed E-state index contributed by atoms with van der Waals surface area (Å²) in [5, 5.41) is 7.59. The van der Waals surface area contributed by atoms with Crippen LogP contribution in [-0.2, 0) is 11.8 Å². The van der Waals surface area contributed by atoms with Crippen LogP contribution in [0.15, 0.2) is 24.7 Å². The second-order valence-electron chi connectivity index (χ2n) is 4.27. The molecular formula is C12H11ClN4O. The lowest BCUT2D eigenvalue weighted by molar-refractivity contribution is -0.116. The predicted octanol–water partition coefficient (Wildman–Crippen LogP) is 1.94. The van der Waals surface area contributed by atoms with Gasteiger partial charge in [0.15, 0.2) is 0 Å². The van der Waals surface area contributed by atoms with Crippen molar-refractivity contribution in [1.82, 2.24) is 14.8 Å². The highest BCUT2D eigenvalue weighted by Gasteiger charge is 2.30. The molecular weight excluding hydrogens is 252 g/mol. The Morgan fingerprint density at radius 2 is 2.28 bits per heavy atom. The number of halogens is 1. The highest BCUT2D eigenvalue weighted by Crippen LogP contribution is 2.38. The number of anilines is 1. The van der Waals surface area contributed by atoms with Crippen molar-refractivity contribution < 1.29 is 4.79 Å². The van der Waals surface area contributed by atoms with Crippen molar-refractivity contribution in [3.8, 4) is 0 Å². The van der Waals surface area contributed by atoms with Gasteiger partial charge in [0.05, 0.1) is 11.2 Å². The summed E-state index contributed by atoms with van der Waals surface area (Å²) in [5.41, 5.74) is 1.90. The molecule has 1 atom stereocenters. The van der Waals surface area contributed by atoms with E-state index in [0.29, 0.717) is 11.4 Å². The molecule has 0 saturated heterocycles. The molecule has 1 amide bonds. The number of rotatable bonds is 1. The Morgan fingerprint density at radius 1 is 1.44 bits per heavy atom. The summed E-state index contributed by atoms with van der Waals surface area (Å²) in [6.45, 7) is 0. The van der Waals surface area contributed by atoms with E-state index < -0.39 is 0 Å². The van der Waals surface area contributed by atoms with Crippen LogP contribution < -0.4 is 5.32 Å². The third-order valence-electron chi connectivity index (χ3n) is 3.17. The molecule has 92 valence electrons. The number of nitrogens with zero attached hydrogens (tertiary/aromatic N) is 3. The Hall–Kier alpha value is -1.88. The molecule has 1 aliphatic heterocycles. The average Bonchev–Trinajstić information content (AvgIpc) is 2.71. The minimum absolute atomic E-state index is 0.0241. The standard InChI is InChI=1S/C12H11ClN4O/c1-17-12-9(5-15-17)8(4-11(18)16-12)7-2-3-14-6-10(7)13/h2-3,5-6,8H,4H2,1H3,(H,16,18). The molecule has 3 heterocycles. The van der Waals surface area contributed by atoms with Gasteiger partial charge in [-0.05, 0) is 11.6 Å². The fourth-order valence-corrected chi connectivity index (χ4v) is 2.54. The second-order valence-corrected chi connectivity index (χ2v) is 4.68. The van der Waals surface area contributed by atoms with Crippen LogP contribution >= 0.6 is 11.6 Å². The summed E-state index contributed by atoms with van der Waals surface area (Å²) in [7, 11) is 1.80. The lowest BCUT2D eigenvalue weighted by atomic mass is 9.88. The van der Waals surface area contributed by atoms with Gasteiger partial charge in [-0.15, -0.1) is 0 Å². The van der Waals surface area contributed by atoms with Crippen molar-refractivity contribution in [2.45, 2.75) is 12.3 Å². The monoisotopic (exact) mass is 262 g/mol. The van der Waals surface area contributed by atoms with Crippen molar-refractivity contribution in [2.75, 3.05) is 5.32 Å². The number of carbonyl (C=O) groups is 1. The first kappa shape index (κ1) is 11.2. The van der Waals surface area contributed by atoms with Crippen LogP contribution in [-0.4, -0.2) is 20.7 Å². The van der Waals surface area contributed by atoms with E-state index in [1.807, 2.05) is 6.07 Å². The number of aromatic nitrogens is 3. The van der Waals surface area contributed by atoms with Gasteiger partial charge in [0, 0.05) is 37.3 Å². The Kier molecular flexibility index (Phi) is 2.56. The van der Waals surface area contributed by atoms with Gasteiger partial charge in [-0.2, -0.15) is 5.10 Å². The zero-order chi connectivity index (χ0) is 12.7. The van der Waals surface area contributed by atoms with Crippen molar-refractivity contribution in [3.05, 3.63) is 40.8 Å². The van der Waals surface area contributed by atoms with E-state index in [1.165, 1.54) is 0 Å². The maximum absolute atomic E-state index is 11.8. The summed E-state index contributed by atoms with van der Waals surface area (Å²) in [4.78, 5) is 15.7. The Labute approximate surface area is 109 Å². The lowest BCUT2D eigenvalue weighted by Gasteiger charge is -2.23. The van der Waals surface area contributed by atoms with Crippen LogP contribution in [0, 0.1) is 0 Å². The number of hydrogen-bond donors (Lipinski definition) is 1. The molecule has 0 fully saturated rings. The molecule has 0 aromatic carbocycles. The lowest BCUT2D eigenvalue weighted by Crippen LogP contribution is -2.24. The van der Waals surface area contributed by atoms with Crippen LogP contribution in [0.2, 0.25) is 5.02 Å². The molecule has 0 bridgehead atoms. The van der Waals surface area contributed by atoms with E-state index in [-0.39, 0.29) is 11.8 Å². The summed E-state index contributed by atoms with van der Waals surface area (Å²) < 4.78 is 1.66. The molecule has 2 aromatic rings. The average molecular weight is 263 g/mol. The SMILES string of the molecule is Cn1ncc2c1NC(=O)CC2c1ccncc1Cl. The number of nitrogens with one attached hydrogen (secondary N) is 1. The molecule has 3 rings (SSSR count). The first-order valence-corrected chi connectivity index (χ1v) is 5.95. The van der Waals surface area contributed by atoms with Gasteiger partial charge in [0.2, 0.25) is 5.91 Å². The van der Waals surface area contributed by atoms with Gasteiger partial charge in [0.25, 0.3) is 0 Å². The smallest absolute Gasteiger partial charge is 0.226 e. The summed E-state index contributed by atoms with van der Waals surface area (Å²) >= 11 is 6.16. The molecule has 1 N–H and O–H groups in total. The molecule has 0 saturated carbocycles. The summed E-state index contributed by atoms with van der Waals surface area (Å²) in [6, 6.07) is 1.85. The first-order chi connectivity index (χ1) is 8.66. The maximum atomic E-state index is 11.8. The Bertz CT molecular complexity index is 622. The van der Waals surface area contributed by atoms with E-state index >= 15 is 0 Å². The van der Waals surface area contributed by atoms with E-state index in [1.54, 1.807) is 30.3 Å². The van der Waals surface area contributed by atoms with Crippen LogP contribution in [0.3, 0.4) is 0 Å². The van der Waals surface area contributed by atoms with Crippen molar-refractivity contribution in [2.24, 2.45) is 7.05 Å². The highest BCUT2D eigenvalue weighted by atomic mass is 35.5. The number of amides is 1. The number of hydrogen-bond acceptors (Lipinski definition) is 3. The normalized spacial score (nSPS) is 18.3. The molecule has 0 aliphatic carbocycles. The zero-order valence-electron chi connectivity index (χ0n) is 9.72. The molecule has 18 heavy (non-hydrogen) atoms. The van der Waals surface area contributed by atoms with Gasteiger partial charge in [-0.3, -0.25) is 14.5 Å². The molecule has 2 aromatic heterocycles. The number of pyridine rings is 1. The number of carbonyl (C=O) groups excluding carboxylic acids is 1. The topological polar surface area (TPSA) is 59.8 Å². The Balaban J connectivity index is 2.14. The third-order valence-corrected chi connectivity index (χ3v) is 3.48. The molecule has 5 nitrogen and oxygen atoms in total. The minimum atomic E-state index is -0.0575. The predicted molar refractivity (Wildman–Crippen MR) is 67.5 cm³/mol. The summed E-state index contributed by atoms with van der Waals surface area (Å²) in [5.74, 6) is 0.658. The van der Waals surface area contributed by atoms with Crippen LogP contribution in [0.5, 0.6) is 0 Å². The van der Waals surface area contributed by atoms with Gasteiger partial charge in [0.1, 0.15) is 5.82 Å². The van der Waals surface area contributed by atoms with Gasteiger partial charge in [-0.25, -0.2) is 0 Å². The van der Waals surface area contributed by atoms with Gasteiger partial charge < -0.3 is 5.32 Å². The molecule has 1 unspecified atom stereocenters. The van der Waals surface area contributed by atoms with Crippen LogP contribution in [0.1, 0.15) is 23.5 Å². The Morgan fingerprint density at radius 3 is 3.06 bits per heavy atom. The first-order valence-electron chi connectivity index (χ1n) is 5.58. The quantitative estimate of drug-likeness (QED) is 0.854. The van der Waals surface area contributed by atoms with E-state index in [0.717, 1.165) is 16.9 Å². The number of aryl methyl sites for hydroxylation is 1. The fraction of sp³-hybridized carbons (Fsp3) is 0.250. The second kappa shape index (κ2) is 4.10. The fourth-order valence-electron chi connectivity index (χ4n) is 2.29. The highest BCUT2D eigenvalue weighted by molar-refractivity contribution is 6.31. The van der Waals surface area contributed by atoms with E-state index in [9.17, 15) is 4.79 Å². The molecule has 0 radical (unpaired) electrons. The van der Waals surface area contributed by atoms with Gasteiger partial charge >= 0.3 is 0 Å². The van der Waals surface area contributed by atoms with E-state index in [4.69, 9.17) is 11.6 Å². The summed E-state index contributed by atoms with van der Waals surface area (Å²) in [6.07, 6.45) is 5.43. The van der Waals surface area contributed by atoms with Crippen molar-refractivity contribution in [1.29, 1.82) is 0 Å². The molecule has 6 heteroatoms. The number of fused-ring (bicyclic) bond motifs is 1. The van der Waals surface area contributed by atoms with Crippen LogP contribution in [0.4, 0.5) is 5.82 Å². The third kappa shape index (κ3) is 1.67. The largest absolute Gasteiger partial charge is 0.311 e. The van der Waals surface area contributed by atoms with E-state index in [2.05, 4.69) is 15.4 Å². The van der Waals surface area contributed by atoms with Crippen molar-refractivity contribution in [3.63, 3.8) is 0 Å². The zero-order valence-corrected chi connectivity index (χ0v) is 10.5. The molecule has 0 spiro atoms. The van der Waals surface area contributed by atoms with Crippen molar-refractivity contribution >= 4 is 23.3 Å². The van der Waals surface area contributed by atoms with Gasteiger partial charge in [-0.1, -0.05) is 11.6 Å². The maximum Gasteiger partial charge on any atom is 0.226 e. The van der Waals surface area contributed by atoms with Crippen LogP contribution in [0.25, 0.3) is 0 Å².